The number of carbonyl (C=O) groups is 2. The van der Waals surface area contributed by atoms with Gasteiger partial charge < -0.3 is 10.5 Å². The number of likely N-dealkylation sites (tertiary alicyclic amines) is 1. The number of primary amides is 1. The van der Waals surface area contributed by atoms with Crippen molar-refractivity contribution in [1.29, 1.82) is 0 Å². The Kier molecular flexibility index (Phi) is 6.72. The van der Waals surface area contributed by atoms with Crippen molar-refractivity contribution in [1.82, 2.24) is 4.90 Å². The lowest BCUT2D eigenvalue weighted by atomic mass is 9.93. The van der Waals surface area contributed by atoms with Gasteiger partial charge in [-0.2, -0.15) is 0 Å². The van der Waals surface area contributed by atoms with Crippen LogP contribution in [0.15, 0.2) is 0 Å². The standard InChI is InChI=1S/C13H24N2O3/c1-2-3-8-18-13(17)10-15-6-4-11(5-7-15)9-12(14)16/h11H,2-10H2,1H3,(H2,14,16). The number of hydrogen-bond donors (Lipinski definition) is 1. The zero-order valence-electron chi connectivity index (χ0n) is 11.2. The molecule has 1 heterocycles. The first-order chi connectivity index (χ1) is 8.61. The van der Waals surface area contributed by atoms with Crippen molar-refractivity contribution in [3.63, 3.8) is 0 Å². The molecule has 1 rings (SSSR count). The minimum atomic E-state index is -0.229. The molecule has 5 nitrogen and oxygen atoms in total. The second-order valence-corrected chi connectivity index (χ2v) is 4.96. The number of hydrogen-bond acceptors (Lipinski definition) is 4. The van der Waals surface area contributed by atoms with Gasteiger partial charge in [0, 0.05) is 6.42 Å². The molecule has 0 radical (unpaired) electrons. The van der Waals surface area contributed by atoms with E-state index in [-0.39, 0.29) is 11.9 Å². The summed E-state index contributed by atoms with van der Waals surface area (Å²) in [6, 6.07) is 0. The van der Waals surface area contributed by atoms with Crippen molar-refractivity contribution in [3.8, 4) is 0 Å². The fourth-order valence-electron chi connectivity index (χ4n) is 2.19. The van der Waals surface area contributed by atoms with Gasteiger partial charge in [-0.1, -0.05) is 13.3 Å². The van der Waals surface area contributed by atoms with E-state index in [1.54, 1.807) is 0 Å². The number of piperidine rings is 1. The Balaban J connectivity index is 2.14. The van der Waals surface area contributed by atoms with Gasteiger partial charge in [0.15, 0.2) is 0 Å². The second kappa shape index (κ2) is 8.08. The molecular formula is C13H24N2O3. The molecule has 2 N–H and O–H groups in total. The molecule has 0 atom stereocenters. The smallest absolute Gasteiger partial charge is 0.320 e. The molecule has 0 unspecified atom stereocenters. The van der Waals surface area contributed by atoms with Gasteiger partial charge in [0.05, 0.1) is 13.2 Å². The number of unbranched alkanes of at least 4 members (excludes halogenated alkanes) is 1. The molecule has 0 saturated carbocycles. The van der Waals surface area contributed by atoms with Crippen molar-refractivity contribution >= 4 is 11.9 Å². The lowest BCUT2D eigenvalue weighted by Gasteiger charge is -2.30. The second-order valence-electron chi connectivity index (χ2n) is 4.96. The van der Waals surface area contributed by atoms with Gasteiger partial charge in [-0.25, -0.2) is 0 Å². The van der Waals surface area contributed by atoms with E-state index in [9.17, 15) is 9.59 Å². The first-order valence-electron chi connectivity index (χ1n) is 6.78. The molecule has 0 aromatic heterocycles. The summed E-state index contributed by atoms with van der Waals surface area (Å²) in [4.78, 5) is 24.4. The molecule has 1 amide bonds. The Morgan fingerprint density at radius 2 is 2.00 bits per heavy atom. The van der Waals surface area contributed by atoms with Crippen molar-refractivity contribution < 1.29 is 14.3 Å². The van der Waals surface area contributed by atoms with Crippen LogP contribution in [0.3, 0.4) is 0 Å². The summed E-state index contributed by atoms with van der Waals surface area (Å²) >= 11 is 0. The summed E-state index contributed by atoms with van der Waals surface area (Å²) in [5, 5.41) is 0. The average molecular weight is 256 g/mol. The Bertz CT molecular complexity index is 273. The minimum absolute atomic E-state index is 0.142. The van der Waals surface area contributed by atoms with Crippen LogP contribution >= 0.6 is 0 Å². The minimum Gasteiger partial charge on any atom is -0.465 e. The lowest BCUT2D eigenvalue weighted by molar-refractivity contribution is -0.145. The van der Waals surface area contributed by atoms with Crippen LogP contribution in [0, 0.1) is 5.92 Å². The summed E-state index contributed by atoms with van der Waals surface area (Å²) in [6.45, 7) is 4.65. The maximum absolute atomic E-state index is 11.5. The summed E-state index contributed by atoms with van der Waals surface area (Å²) in [6.07, 6.45) is 4.30. The summed E-state index contributed by atoms with van der Waals surface area (Å²) < 4.78 is 5.12. The van der Waals surface area contributed by atoms with E-state index < -0.39 is 0 Å². The molecule has 104 valence electrons. The van der Waals surface area contributed by atoms with E-state index in [0.29, 0.717) is 25.5 Å². The van der Waals surface area contributed by atoms with Crippen molar-refractivity contribution in [2.75, 3.05) is 26.2 Å². The molecule has 18 heavy (non-hydrogen) atoms. The Hall–Kier alpha value is -1.10. The molecule has 1 saturated heterocycles. The van der Waals surface area contributed by atoms with Crippen molar-refractivity contribution in [2.24, 2.45) is 11.7 Å². The SMILES string of the molecule is CCCCOC(=O)CN1CCC(CC(N)=O)CC1. The number of amides is 1. The molecule has 5 heteroatoms. The normalized spacial score (nSPS) is 17.6. The number of rotatable bonds is 7. The molecule has 0 bridgehead atoms. The highest BCUT2D eigenvalue weighted by Gasteiger charge is 2.22. The number of ether oxygens (including phenoxy) is 1. The van der Waals surface area contributed by atoms with Crippen LogP contribution < -0.4 is 5.73 Å². The third-order valence-corrected chi connectivity index (χ3v) is 3.31. The first kappa shape index (κ1) is 15.0. The summed E-state index contributed by atoms with van der Waals surface area (Å²) in [5.74, 6) is 0.0130. The summed E-state index contributed by atoms with van der Waals surface area (Å²) in [7, 11) is 0. The molecule has 0 spiro atoms. The van der Waals surface area contributed by atoms with Crippen LogP contribution in [0.2, 0.25) is 0 Å². The fraction of sp³-hybridized carbons (Fsp3) is 0.846. The highest BCUT2D eigenvalue weighted by molar-refractivity contribution is 5.74. The highest BCUT2D eigenvalue weighted by Crippen LogP contribution is 2.19. The zero-order valence-corrected chi connectivity index (χ0v) is 11.2. The Morgan fingerprint density at radius 1 is 1.33 bits per heavy atom. The topological polar surface area (TPSA) is 72.6 Å². The van der Waals surface area contributed by atoms with Crippen LogP contribution in [-0.4, -0.2) is 43.0 Å². The predicted octanol–water partition coefficient (Wildman–Crippen LogP) is 0.917. The number of carbonyl (C=O) groups excluding carboxylic acids is 2. The van der Waals surface area contributed by atoms with E-state index in [2.05, 4.69) is 11.8 Å². The lowest BCUT2D eigenvalue weighted by Crippen LogP contribution is -2.38. The maximum Gasteiger partial charge on any atom is 0.320 e. The van der Waals surface area contributed by atoms with Crippen LogP contribution in [0.4, 0.5) is 0 Å². The van der Waals surface area contributed by atoms with Crippen LogP contribution in [0.5, 0.6) is 0 Å². The van der Waals surface area contributed by atoms with Gasteiger partial charge >= 0.3 is 5.97 Å². The molecule has 0 aromatic rings. The van der Waals surface area contributed by atoms with E-state index >= 15 is 0 Å². The fourth-order valence-corrected chi connectivity index (χ4v) is 2.19. The number of nitrogens with two attached hydrogens (primary N) is 1. The van der Waals surface area contributed by atoms with E-state index in [0.717, 1.165) is 38.8 Å². The van der Waals surface area contributed by atoms with E-state index in [1.807, 2.05) is 0 Å². The average Bonchev–Trinajstić information content (AvgIpc) is 2.31. The largest absolute Gasteiger partial charge is 0.465 e. The maximum atomic E-state index is 11.5. The van der Waals surface area contributed by atoms with Gasteiger partial charge in [-0.3, -0.25) is 14.5 Å². The van der Waals surface area contributed by atoms with Gasteiger partial charge in [0.25, 0.3) is 0 Å². The van der Waals surface area contributed by atoms with E-state index in [4.69, 9.17) is 10.5 Å². The Morgan fingerprint density at radius 3 is 2.56 bits per heavy atom. The van der Waals surface area contributed by atoms with Crippen molar-refractivity contribution in [3.05, 3.63) is 0 Å². The predicted molar refractivity (Wildman–Crippen MR) is 68.8 cm³/mol. The van der Waals surface area contributed by atoms with Crippen LogP contribution in [0.25, 0.3) is 0 Å². The van der Waals surface area contributed by atoms with Crippen molar-refractivity contribution in [2.45, 2.75) is 39.0 Å². The monoisotopic (exact) mass is 256 g/mol. The molecule has 0 aliphatic carbocycles. The molecule has 1 aliphatic rings. The summed E-state index contributed by atoms with van der Waals surface area (Å²) in [5.41, 5.74) is 5.18. The molecular weight excluding hydrogens is 232 g/mol. The van der Waals surface area contributed by atoms with Gasteiger partial charge in [-0.05, 0) is 38.3 Å². The third kappa shape index (κ3) is 6.00. The van der Waals surface area contributed by atoms with Crippen LogP contribution in [0.1, 0.15) is 39.0 Å². The quantitative estimate of drug-likeness (QED) is 0.543. The van der Waals surface area contributed by atoms with Gasteiger partial charge in [-0.15, -0.1) is 0 Å². The van der Waals surface area contributed by atoms with Crippen LogP contribution in [-0.2, 0) is 14.3 Å². The highest BCUT2D eigenvalue weighted by atomic mass is 16.5. The third-order valence-electron chi connectivity index (χ3n) is 3.31. The van der Waals surface area contributed by atoms with Gasteiger partial charge in [0.2, 0.25) is 5.91 Å². The molecule has 1 fully saturated rings. The molecule has 0 aromatic carbocycles. The van der Waals surface area contributed by atoms with E-state index in [1.165, 1.54) is 0 Å². The zero-order chi connectivity index (χ0) is 13.4. The Labute approximate surface area is 109 Å². The first-order valence-corrected chi connectivity index (χ1v) is 6.78. The number of esters is 1. The van der Waals surface area contributed by atoms with Gasteiger partial charge in [0.1, 0.15) is 0 Å². The molecule has 1 aliphatic heterocycles. The number of nitrogens with zero attached hydrogens (tertiary/aromatic N) is 1.